The Balaban J connectivity index is 3.12. The molecule has 0 amide bonds. The molecular formula is C11H12O2. The summed E-state index contributed by atoms with van der Waals surface area (Å²) < 4.78 is 0. The second-order valence-corrected chi connectivity index (χ2v) is 2.71. The lowest BCUT2D eigenvalue weighted by Gasteiger charge is -2.00. The molecule has 0 aromatic heterocycles. The molecule has 1 aromatic carbocycles. The Morgan fingerprint density at radius 1 is 1.46 bits per heavy atom. The summed E-state index contributed by atoms with van der Waals surface area (Å²) in [5.74, 6) is 0.0354. The van der Waals surface area contributed by atoms with Gasteiger partial charge in [0.15, 0.2) is 6.29 Å². The normalized spacial score (nSPS) is 10.5. The number of rotatable bonds is 3. The van der Waals surface area contributed by atoms with Crippen LogP contribution in [0.2, 0.25) is 0 Å². The molecule has 1 N–H and O–H groups in total. The summed E-state index contributed by atoms with van der Waals surface area (Å²) >= 11 is 0. The molecule has 0 bridgehead atoms. The summed E-state index contributed by atoms with van der Waals surface area (Å²) in [5.41, 5.74) is 1.11. The van der Waals surface area contributed by atoms with Gasteiger partial charge in [-0.3, -0.25) is 4.79 Å². The fraction of sp³-hybridized carbons (Fsp3) is 0.182. The predicted octanol–water partition coefficient (Wildman–Crippen LogP) is 2.63. The van der Waals surface area contributed by atoms with Crippen LogP contribution in [0.1, 0.15) is 29.3 Å². The highest BCUT2D eigenvalue weighted by molar-refractivity contribution is 5.85. The van der Waals surface area contributed by atoms with Crippen LogP contribution in [-0.4, -0.2) is 11.4 Å². The van der Waals surface area contributed by atoms with Crippen molar-refractivity contribution in [1.82, 2.24) is 0 Å². The van der Waals surface area contributed by atoms with Crippen LogP contribution < -0.4 is 0 Å². The Hall–Kier alpha value is -1.57. The zero-order valence-electron chi connectivity index (χ0n) is 7.53. The van der Waals surface area contributed by atoms with Crippen molar-refractivity contribution in [3.05, 3.63) is 35.4 Å². The molecule has 0 aliphatic heterocycles. The largest absolute Gasteiger partial charge is 0.507 e. The molecule has 0 saturated carbocycles. The van der Waals surface area contributed by atoms with Gasteiger partial charge in [0.25, 0.3) is 0 Å². The van der Waals surface area contributed by atoms with E-state index in [1.807, 2.05) is 19.1 Å². The van der Waals surface area contributed by atoms with Gasteiger partial charge in [-0.25, -0.2) is 0 Å². The average molecular weight is 176 g/mol. The zero-order valence-corrected chi connectivity index (χ0v) is 7.53. The van der Waals surface area contributed by atoms with E-state index in [9.17, 15) is 9.90 Å². The van der Waals surface area contributed by atoms with Crippen molar-refractivity contribution < 1.29 is 9.90 Å². The Morgan fingerprint density at radius 2 is 2.23 bits per heavy atom. The highest BCUT2D eigenvalue weighted by atomic mass is 16.3. The number of benzene rings is 1. The molecule has 0 saturated heterocycles. The van der Waals surface area contributed by atoms with Crippen molar-refractivity contribution in [3.8, 4) is 5.75 Å². The van der Waals surface area contributed by atoms with Gasteiger partial charge in [0.2, 0.25) is 0 Å². The predicted molar refractivity (Wildman–Crippen MR) is 52.8 cm³/mol. The van der Waals surface area contributed by atoms with E-state index in [1.165, 1.54) is 6.07 Å². The SMILES string of the molecule is CCC=Cc1cccc(O)c1C=O. The molecule has 0 aliphatic rings. The number of phenolic OH excluding ortho intramolecular Hbond substituents is 1. The van der Waals surface area contributed by atoms with Crippen LogP contribution in [-0.2, 0) is 0 Å². The molecule has 0 spiro atoms. The minimum Gasteiger partial charge on any atom is -0.507 e. The number of carbonyl (C=O) groups excluding carboxylic acids is 1. The van der Waals surface area contributed by atoms with Gasteiger partial charge in [0.05, 0.1) is 5.56 Å². The zero-order chi connectivity index (χ0) is 9.68. The summed E-state index contributed by atoms with van der Waals surface area (Å²) in [6, 6.07) is 5.03. The summed E-state index contributed by atoms with van der Waals surface area (Å²) in [6.45, 7) is 2.01. The van der Waals surface area contributed by atoms with Crippen LogP contribution >= 0.6 is 0 Å². The number of hydrogen-bond acceptors (Lipinski definition) is 2. The lowest BCUT2D eigenvalue weighted by Crippen LogP contribution is -1.86. The molecule has 0 radical (unpaired) electrons. The molecule has 68 valence electrons. The summed E-state index contributed by atoms with van der Waals surface area (Å²) in [5, 5.41) is 9.33. The van der Waals surface area contributed by atoms with Gasteiger partial charge in [-0.15, -0.1) is 0 Å². The lowest BCUT2D eigenvalue weighted by atomic mass is 10.1. The number of allylic oxidation sites excluding steroid dienone is 1. The van der Waals surface area contributed by atoms with Crippen LogP contribution in [0.25, 0.3) is 6.08 Å². The molecule has 1 rings (SSSR count). The number of aldehydes is 1. The van der Waals surface area contributed by atoms with Crippen molar-refractivity contribution in [2.45, 2.75) is 13.3 Å². The Bertz CT molecular complexity index is 327. The van der Waals surface area contributed by atoms with Crippen molar-refractivity contribution in [2.24, 2.45) is 0 Å². The molecule has 13 heavy (non-hydrogen) atoms. The average Bonchev–Trinajstić information content (AvgIpc) is 2.15. The van der Waals surface area contributed by atoms with Crippen molar-refractivity contribution >= 4 is 12.4 Å². The van der Waals surface area contributed by atoms with E-state index < -0.39 is 0 Å². The van der Waals surface area contributed by atoms with E-state index in [4.69, 9.17) is 0 Å². The van der Waals surface area contributed by atoms with Gasteiger partial charge < -0.3 is 5.11 Å². The van der Waals surface area contributed by atoms with Gasteiger partial charge >= 0.3 is 0 Å². The number of hydrogen-bond donors (Lipinski definition) is 1. The molecule has 0 unspecified atom stereocenters. The topological polar surface area (TPSA) is 37.3 Å². The maximum absolute atomic E-state index is 10.6. The second kappa shape index (κ2) is 4.45. The van der Waals surface area contributed by atoms with Crippen LogP contribution in [0.5, 0.6) is 5.75 Å². The first kappa shape index (κ1) is 9.52. The molecule has 0 fully saturated rings. The second-order valence-electron chi connectivity index (χ2n) is 2.71. The van der Waals surface area contributed by atoms with Crippen molar-refractivity contribution in [1.29, 1.82) is 0 Å². The Kier molecular flexibility index (Phi) is 3.26. The number of phenols is 1. The molecule has 0 aliphatic carbocycles. The van der Waals surface area contributed by atoms with Gasteiger partial charge in [0.1, 0.15) is 5.75 Å². The van der Waals surface area contributed by atoms with E-state index in [0.717, 1.165) is 12.0 Å². The first-order chi connectivity index (χ1) is 6.29. The maximum Gasteiger partial charge on any atom is 0.154 e. The summed E-state index contributed by atoms with van der Waals surface area (Å²) in [4.78, 5) is 10.6. The van der Waals surface area contributed by atoms with E-state index in [1.54, 1.807) is 12.1 Å². The maximum atomic E-state index is 10.6. The quantitative estimate of drug-likeness (QED) is 0.719. The summed E-state index contributed by atoms with van der Waals surface area (Å²) in [7, 11) is 0. The van der Waals surface area contributed by atoms with E-state index in [0.29, 0.717) is 11.8 Å². The smallest absolute Gasteiger partial charge is 0.154 e. The fourth-order valence-corrected chi connectivity index (χ4v) is 1.09. The summed E-state index contributed by atoms with van der Waals surface area (Å²) in [6.07, 6.45) is 5.36. The lowest BCUT2D eigenvalue weighted by molar-refractivity contribution is 0.112. The molecule has 2 heteroatoms. The first-order valence-electron chi connectivity index (χ1n) is 4.23. The van der Waals surface area contributed by atoms with Crippen molar-refractivity contribution in [2.75, 3.05) is 0 Å². The standard InChI is InChI=1S/C11H12O2/c1-2-3-5-9-6-4-7-11(13)10(9)8-12/h3-8,13H,2H2,1H3. The third-order valence-electron chi connectivity index (χ3n) is 1.77. The minimum absolute atomic E-state index is 0.0354. The van der Waals surface area contributed by atoms with E-state index >= 15 is 0 Å². The van der Waals surface area contributed by atoms with Gasteiger partial charge in [0, 0.05) is 0 Å². The number of aromatic hydroxyl groups is 1. The highest BCUT2D eigenvalue weighted by Gasteiger charge is 2.02. The third kappa shape index (κ3) is 2.18. The Morgan fingerprint density at radius 3 is 2.85 bits per heavy atom. The van der Waals surface area contributed by atoms with Gasteiger partial charge in [-0.05, 0) is 18.1 Å². The van der Waals surface area contributed by atoms with Crippen LogP contribution in [0.15, 0.2) is 24.3 Å². The first-order valence-corrected chi connectivity index (χ1v) is 4.23. The monoisotopic (exact) mass is 176 g/mol. The molecule has 0 atom stereocenters. The van der Waals surface area contributed by atoms with Crippen LogP contribution in [0.3, 0.4) is 0 Å². The molecule has 1 aromatic rings. The van der Waals surface area contributed by atoms with Crippen LogP contribution in [0, 0.1) is 0 Å². The van der Waals surface area contributed by atoms with Crippen molar-refractivity contribution in [3.63, 3.8) is 0 Å². The molecule has 0 heterocycles. The minimum atomic E-state index is 0.0354. The van der Waals surface area contributed by atoms with E-state index in [2.05, 4.69) is 0 Å². The third-order valence-corrected chi connectivity index (χ3v) is 1.77. The molecular weight excluding hydrogens is 164 g/mol. The van der Waals surface area contributed by atoms with Gasteiger partial charge in [-0.2, -0.15) is 0 Å². The fourth-order valence-electron chi connectivity index (χ4n) is 1.09. The van der Waals surface area contributed by atoms with E-state index in [-0.39, 0.29) is 5.75 Å². The highest BCUT2D eigenvalue weighted by Crippen LogP contribution is 2.19. The van der Waals surface area contributed by atoms with Gasteiger partial charge in [-0.1, -0.05) is 31.2 Å². The number of carbonyl (C=O) groups is 1. The Labute approximate surface area is 77.5 Å². The molecule has 2 nitrogen and oxygen atoms in total. The van der Waals surface area contributed by atoms with Crippen LogP contribution in [0.4, 0.5) is 0 Å².